The summed E-state index contributed by atoms with van der Waals surface area (Å²) in [6.45, 7) is 4.80. The van der Waals surface area contributed by atoms with Crippen molar-refractivity contribution < 1.29 is 14.4 Å². The molecule has 1 atom stereocenters. The molecule has 0 saturated carbocycles. The Balaban J connectivity index is 1.66. The Morgan fingerprint density at radius 1 is 1.02 bits per heavy atom. The van der Waals surface area contributed by atoms with Crippen LogP contribution >= 0.6 is 0 Å². The van der Waals surface area contributed by atoms with E-state index in [4.69, 9.17) is 5.10 Å². The smallest absolute Gasteiger partial charge is 0.343 e. The summed E-state index contributed by atoms with van der Waals surface area (Å²) in [5.41, 5.74) is 3.48. The molecule has 2 aromatic carbocycles. The van der Waals surface area contributed by atoms with Crippen LogP contribution in [0, 0.1) is 11.3 Å². The highest BCUT2D eigenvalue weighted by atomic mass is 16.2. The molecule has 12 heteroatoms. The maximum absolute atomic E-state index is 13.3. The van der Waals surface area contributed by atoms with Gasteiger partial charge in [0.2, 0.25) is 5.91 Å². The van der Waals surface area contributed by atoms with E-state index in [1.165, 1.54) is 4.68 Å². The molecule has 0 spiro atoms. The molecule has 1 aliphatic heterocycles. The van der Waals surface area contributed by atoms with E-state index in [0.29, 0.717) is 55.7 Å². The molecule has 2 heterocycles. The molecule has 3 aromatic rings. The molecule has 1 aromatic heterocycles. The van der Waals surface area contributed by atoms with Crippen LogP contribution in [0.3, 0.4) is 0 Å². The minimum Gasteiger partial charge on any atom is -0.345 e. The first kappa shape index (κ1) is 33.6. The van der Waals surface area contributed by atoms with Gasteiger partial charge >= 0.3 is 5.69 Å². The van der Waals surface area contributed by atoms with Gasteiger partial charge in [-0.1, -0.05) is 12.1 Å². The number of amides is 3. The summed E-state index contributed by atoms with van der Waals surface area (Å²) in [4.78, 5) is 60.3. The minimum absolute atomic E-state index is 0.0669. The van der Waals surface area contributed by atoms with Gasteiger partial charge in [0.25, 0.3) is 11.8 Å². The van der Waals surface area contributed by atoms with Gasteiger partial charge < -0.3 is 20.0 Å². The molecule has 3 amide bonds. The highest BCUT2D eigenvalue weighted by molar-refractivity contribution is 5.95. The molecule has 0 bridgehead atoms. The number of H-pyrrole nitrogens is 1. The van der Waals surface area contributed by atoms with Crippen molar-refractivity contribution in [3.05, 3.63) is 86.1 Å². The van der Waals surface area contributed by atoms with Gasteiger partial charge in [-0.05, 0) is 99.0 Å². The van der Waals surface area contributed by atoms with Crippen molar-refractivity contribution in [3.8, 4) is 6.07 Å². The second-order valence-electron chi connectivity index (χ2n) is 13.2. The van der Waals surface area contributed by atoms with Gasteiger partial charge in [-0.3, -0.25) is 19.4 Å². The summed E-state index contributed by atoms with van der Waals surface area (Å²) in [7, 11) is 6.87. The van der Waals surface area contributed by atoms with E-state index in [0.717, 1.165) is 28.7 Å². The number of aromatic nitrogens is 3. The zero-order valence-corrected chi connectivity index (χ0v) is 28.1. The fourth-order valence-corrected chi connectivity index (χ4v) is 6.92. The van der Waals surface area contributed by atoms with Crippen molar-refractivity contribution in [2.24, 2.45) is 0 Å². The molecule has 2 aliphatic rings. The highest BCUT2D eigenvalue weighted by Crippen LogP contribution is 2.46. The van der Waals surface area contributed by atoms with Crippen LogP contribution in [0.4, 0.5) is 0 Å². The molecule has 248 valence electrons. The molecule has 0 unspecified atom stereocenters. The lowest BCUT2D eigenvalue weighted by Gasteiger charge is -2.35. The molecule has 1 fully saturated rings. The van der Waals surface area contributed by atoms with E-state index < -0.39 is 11.5 Å². The second-order valence-corrected chi connectivity index (χ2v) is 13.2. The van der Waals surface area contributed by atoms with Crippen molar-refractivity contribution in [1.29, 1.82) is 5.26 Å². The number of nitrogens with one attached hydrogen (secondary N) is 2. The van der Waals surface area contributed by atoms with Crippen molar-refractivity contribution in [3.63, 3.8) is 0 Å². The molecular formula is C35H44N8O4. The van der Waals surface area contributed by atoms with E-state index in [2.05, 4.69) is 16.4 Å². The van der Waals surface area contributed by atoms with E-state index in [9.17, 15) is 24.4 Å². The Kier molecular flexibility index (Phi) is 9.68. The Morgan fingerprint density at radius 3 is 2.09 bits per heavy atom. The number of aromatic amines is 1. The number of fused-ring (bicyclic) bond motifs is 2. The van der Waals surface area contributed by atoms with Gasteiger partial charge in [-0.25, -0.2) is 9.48 Å². The first-order valence-corrected chi connectivity index (χ1v) is 16.2. The van der Waals surface area contributed by atoms with Gasteiger partial charge in [0.15, 0.2) is 0 Å². The SMILES string of the molecule is CC(C)n1nc(C2(CCNCC(=O)N3CCC[C@H]3C#N)c3ccc(C(=O)N(C)C)cc3CCc3cc(C(=O)N(C)C)ccc32)[nH]c1=O. The third kappa shape index (κ3) is 6.32. The number of rotatable bonds is 9. The number of likely N-dealkylation sites (tertiary alicyclic amines) is 1. The first-order valence-electron chi connectivity index (χ1n) is 16.2. The monoisotopic (exact) mass is 640 g/mol. The van der Waals surface area contributed by atoms with Gasteiger partial charge in [-0.2, -0.15) is 10.4 Å². The lowest BCUT2D eigenvalue weighted by molar-refractivity contribution is -0.130. The molecule has 12 nitrogen and oxygen atoms in total. The number of hydrogen-bond donors (Lipinski definition) is 2. The number of nitriles is 1. The van der Waals surface area contributed by atoms with Crippen LogP contribution in [0.25, 0.3) is 0 Å². The van der Waals surface area contributed by atoms with E-state index in [1.807, 2.05) is 50.2 Å². The predicted molar refractivity (Wildman–Crippen MR) is 177 cm³/mol. The number of nitrogens with zero attached hydrogens (tertiary/aromatic N) is 6. The molecule has 1 aliphatic carbocycles. The third-order valence-electron chi connectivity index (χ3n) is 9.31. The van der Waals surface area contributed by atoms with E-state index >= 15 is 0 Å². The topological polar surface area (TPSA) is 147 Å². The Morgan fingerprint density at radius 2 is 1.60 bits per heavy atom. The van der Waals surface area contributed by atoms with Gasteiger partial charge in [0, 0.05) is 45.9 Å². The first-order chi connectivity index (χ1) is 22.4. The molecule has 5 rings (SSSR count). The maximum Gasteiger partial charge on any atom is 0.343 e. The third-order valence-corrected chi connectivity index (χ3v) is 9.31. The average Bonchev–Trinajstić information content (AvgIpc) is 3.67. The number of benzene rings is 2. The van der Waals surface area contributed by atoms with Crippen molar-refractivity contribution in [2.45, 2.75) is 63.5 Å². The highest BCUT2D eigenvalue weighted by Gasteiger charge is 2.44. The maximum atomic E-state index is 13.3. The minimum atomic E-state index is -0.987. The van der Waals surface area contributed by atoms with Crippen LogP contribution in [-0.4, -0.2) is 101 Å². The molecule has 47 heavy (non-hydrogen) atoms. The Bertz CT molecular complexity index is 1710. The zero-order chi connectivity index (χ0) is 34.0. The Hall–Kier alpha value is -4.76. The number of carbonyl (C=O) groups is 3. The molecule has 2 N–H and O–H groups in total. The van der Waals surface area contributed by atoms with E-state index in [1.54, 1.807) is 42.9 Å². The van der Waals surface area contributed by atoms with Crippen LogP contribution < -0.4 is 11.0 Å². The number of hydrogen-bond acceptors (Lipinski definition) is 7. The zero-order valence-electron chi connectivity index (χ0n) is 28.1. The van der Waals surface area contributed by atoms with Crippen molar-refractivity contribution >= 4 is 17.7 Å². The summed E-state index contributed by atoms with van der Waals surface area (Å²) in [5, 5.41) is 17.7. The molecular weight excluding hydrogens is 596 g/mol. The summed E-state index contributed by atoms with van der Waals surface area (Å²) >= 11 is 0. The predicted octanol–water partition coefficient (Wildman–Crippen LogP) is 2.48. The van der Waals surface area contributed by atoms with Gasteiger partial charge in [0.1, 0.15) is 11.9 Å². The standard InChI is InChI=1S/C35H44N8O4/c1-22(2)43-34(47)38-33(39-43)35(15-16-37-21-30(44)42-17-7-8-27(42)20-36)28-13-11-25(31(45)40(3)4)18-23(28)9-10-24-19-26(12-14-29(24)35)32(46)41(5)6/h11-14,18-19,22,27,37H,7-10,15-17,21H2,1-6H3,(H,38,39,47)/t27-/m0/s1. The average molecular weight is 641 g/mol. The lowest BCUT2D eigenvalue weighted by atomic mass is 9.69. The second kappa shape index (κ2) is 13.5. The van der Waals surface area contributed by atoms with Crippen LogP contribution in [0.1, 0.15) is 87.9 Å². The fourth-order valence-electron chi connectivity index (χ4n) is 6.92. The molecule has 1 saturated heterocycles. The van der Waals surface area contributed by atoms with Crippen molar-refractivity contribution in [2.75, 3.05) is 47.8 Å². The normalized spacial score (nSPS) is 16.6. The van der Waals surface area contributed by atoms with Gasteiger partial charge in [-0.15, -0.1) is 0 Å². The summed E-state index contributed by atoms with van der Waals surface area (Å²) < 4.78 is 1.43. The van der Waals surface area contributed by atoms with Crippen LogP contribution in [0.5, 0.6) is 0 Å². The lowest BCUT2D eigenvalue weighted by Crippen LogP contribution is -2.42. The summed E-state index contributed by atoms with van der Waals surface area (Å²) in [6.07, 6.45) is 3.10. The van der Waals surface area contributed by atoms with Crippen LogP contribution in [0.2, 0.25) is 0 Å². The van der Waals surface area contributed by atoms with Gasteiger partial charge in [0.05, 0.1) is 24.1 Å². The van der Waals surface area contributed by atoms with Crippen molar-refractivity contribution in [1.82, 2.24) is 34.8 Å². The van der Waals surface area contributed by atoms with Crippen LogP contribution in [-0.2, 0) is 23.1 Å². The fraction of sp³-hybridized carbons (Fsp3) is 0.486. The summed E-state index contributed by atoms with van der Waals surface area (Å²) in [6, 6.07) is 13.0. The largest absolute Gasteiger partial charge is 0.345 e. The number of carbonyl (C=O) groups excluding carboxylic acids is 3. The summed E-state index contributed by atoms with van der Waals surface area (Å²) in [5.74, 6) is 0.0979. The quantitative estimate of drug-likeness (QED) is 0.342. The van der Waals surface area contributed by atoms with Crippen LogP contribution in [0.15, 0.2) is 41.2 Å². The Labute approximate surface area is 275 Å². The molecule has 0 radical (unpaired) electrons. The number of aryl methyl sites for hydroxylation is 2. The van der Waals surface area contributed by atoms with E-state index in [-0.39, 0.29) is 36.0 Å².